The largest absolute Gasteiger partial charge is 0.435 e. The molecule has 0 aliphatic carbocycles. The van der Waals surface area contributed by atoms with Crippen LogP contribution in [0.3, 0.4) is 0 Å². The number of halogens is 2. The van der Waals surface area contributed by atoms with Crippen molar-refractivity contribution < 1.29 is 13.5 Å². The highest BCUT2D eigenvalue weighted by Crippen LogP contribution is 2.24. The maximum atomic E-state index is 12.0. The molecule has 0 radical (unpaired) electrons. The molecule has 1 aliphatic heterocycles. The van der Waals surface area contributed by atoms with Gasteiger partial charge in [-0.1, -0.05) is 12.1 Å². The van der Waals surface area contributed by atoms with E-state index in [-0.39, 0.29) is 5.75 Å². The molecule has 0 amide bonds. The van der Waals surface area contributed by atoms with Gasteiger partial charge in [0.15, 0.2) is 0 Å². The van der Waals surface area contributed by atoms with Crippen molar-refractivity contribution in [2.75, 3.05) is 18.1 Å². The van der Waals surface area contributed by atoms with Gasteiger partial charge in [0.25, 0.3) is 0 Å². The average Bonchev–Trinajstić information content (AvgIpc) is 2.58. The number of alkyl halides is 2. The fourth-order valence-corrected chi connectivity index (χ4v) is 2.87. The van der Waals surface area contributed by atoms with Gasteiger partial charge in [0.05, 0.1) is 0 Å². The van der Waals surface area contributed by atoms with Gasteiger partial charge in [-0.3, -0.25) is 0 Å². The molecule has 1 aromatic rings. The van der Waals surface area contributed by atoms with Gasteiger partial charge in [0.2, 0.25) is 0 Å². The van der Waals surface area contributed by atoms with Crippen LogP contribution in [0.5, 0.6) is 5.75 Å². The van der Waals surface area contributed by atoms with Crippen LogP contribution in [0.4, 0.5) is 8.78 Å². The summed E-state index contributed by atoms with van der Waals surface area (Å²) in [5, 5.41) is 3.45. The first-order valence-electron chi connectivity index (χ1n) is 5.61. The molecule has 17 heavy (non-hydrogen) atoms. The van der Waals surface area contributed by atoms with E-state index in [9.17, 15) is 8.78 Å². The molecule has 2 rings (SSSR count). The lowest BCUT2D eigenvalue weighted by molar-refractivity contribution is -0.0498. The molecule has 1 saturated heterocycles. The summed E-state index contributed by atoms with van der Waals surface area (Å²) in [5.41, 5.74) is 1.13. The van der Waals surface area contributed by atoms with Crippen molar-refractivity contribution in [3.8, 4) is 5.75 Å². The molecule has 0 spiro atoms. The molecule has 5 heteroatoms. The molecule has 0 bridgehead atoms. The Labute approximate surface area is 104 Å². The van der Waals surface area contributed by atoms with Gasteiger partial charge in [-0.15, -0.1) is 0 Å². The van der Waals surface area contributed by atoms with Crippen LogP contribution in [0, 0.1) is 0 Å². The Bertz CT molecular complexity index is 337. The number of thioether (sulfide) groups is 1. The highest BCUT2D eigenvalue weighted by molar-refractivity contribution is 7.99. The Morgan fingerprint density at radius 1 is 1.29 bits per heavy atom. The fourth-order valence-electron chi connectivity index (χ4n) is 1.81. The SMILES string of the molecule is FC(F)Oc1ccc(C2CSCCCN2)cc1. The Hall–Kier alpha value is -0.810. The molecule has 1 atom stereocenters. The number of hydrogen-bond acceptors (Lipinski definition) is 3. The van der Waals surface area contributed by atoms with Gasteiger partial charge in [-0.05, 0) is 36.4 Å². The lowest BCUT2D eigenvalue weighted by atomic mass is 10.1. The second-order valence-corrected chi connectivity index (χ2v) is 5.03. The second-order valence-electron chi connectivity index (χ2n) is 3.88. The summed E-state index contributed by atoms with van der Waals surface area (Å²) >= 11 is 1.92. The van der Waals surface area contributed by atoms with Crippen LogP contribution in [-0.2, 0) is 0 Å². The van der Waals surface area contributed by atoms with E-state index in [1.165, 1.54) is 12.2 Å². The van der Waals surface area contributed by atoms with E-state index in [0.29, 0.717) is 6.04 Å². The summed E-state index contributed by atoms with van der Waals surface area (Å²) in [6.45, 7) is -1.75. The highest BCUT2D eigenvalue weighted by atomic mass is 32.2. The van der Waals surface area contributed by atoms with E-state index in [4.69, 9.17) is 0 Å². The topological polar surface area (TPSA) is 21.3 Å². The summed E-state index contributed by atoms with van der Waals surface area (Å²) in [6, 6.07) is 7.20. The Balaban J connectivity index is 2.00. The van der Waals surface area contributed by atoms with Crippen molar-refractivity contribution in [3.63, 3.8) is 0 Å². The normalized spacial score (nSPS) is 21.2. The Morgan fingerprint density at radius 3 is 2.76 bits per heavy atom. The Morgan fingerprint density at radius 2 is 2.06 bits per heavy atom. The number of benzene rings is 1. The van der Waals surface area contributed by atoms with Gasteiger partial charge < -0.3 is 10.1 Å². The first-order chi connectivity index (χ1) is 8.25. The number of ether oxygens (including phenoxy) is 1. The molecule has 1 aromatic carbocycles. The third-order valence-electron chi connectivity index (χ3n) is 2.65. The van der Waals surface area contributed by atoms with Gasteiger partial charge in [0.1, 0.15) is 5.75 Å². The predicted molar refractivity (Wildman–Crippen MR) is 65.8 cm³/mol. The summed E-state index contributed by atoms with van der Waals surface area (Å²) in [5.74, 6) is 2.41. The molecule has 1 fully saturated rings. The molecular formula is C12H15F2NOS. The van der Waals surface area contributed by atoms with Gasteiger partial charge >= 0.3 is 6.61 Å². The third-order valence-corrected chi connectivity index (χ3v) is 3.79. The minimum Gasteiger partial charge on any atom is -0.435 e. The monoisotopic (exact) mass is 259 g/mol. The fraction of sp³-hybridized carbons (Fsp3) is 0.500. The molecule has 0 aromatic heterocycles. The smallest absolute Gasteiger partial charge is 0.387 e. The predicted octanol–water partition coefficient (Wildman–Crippen LogP) is 3.06. The van der Waals surface area contributed by atoms with E-state index in [1.54, 1.807) is 12.1 Å². The van der Waals surface area contributed by atoms with Crippen LogP contribution in [-0.4, -0.2) is 24.7 Å². The van der Waals surface area contributed by atoms with Gasteiger partial charge in [0, 0.05) is 11.8 Å². The minimum atomic E-state index is -2.76. The first kappa shape index (κ1) is 12.6. The van der Waals surface area contributed by atoms with Crippen molar-refractivity contribution in [2.24, 2.45) is 0 Å². The summed E-state index contributed by atoms with van der Waals surface area (Å²) < 4.78 is 28.3. The molecule has 94 valence electrons. The molecule has 1 unspecified atom stereocenters. The van der Waals surface area contributed by atoms with E-state index in [0.717, 1.165) is 17.9 Å². The van der Waals surface area contributed by atoms with E-state index in [2.05, 4.69) is 10.1 Å². The zero-order chi connectivity index (χ0) is 12.1. The molecule has 1 aliphatic rings. The van der Waals surface area contributed by atoms with Crippen molar-refractivity contribution in [1.82, 2.24) is 5.32 Å². The average molecular weight is 259 g/mol. The summed E-state index contributed by atoms with van der Waals surface area (Å²) in [4.78, 5) is 0. The van der Waals surface area contributed by atoms with Crippen LogP contribution in [0.2, 0.25) is 0 Å². The first-order valence-corrected chi connectivity index (χ1v) is 6.77. The highest BCUT2D eigenvalue weighted by Gasteiger charge is 2.14. The number of nitrogens with one attached hydrogen (secondary N) is 1. The maximum absolute atomic E-state index is 12.0. The standard InChI is InChI=1S/C12H15F2NOS/c13-12(14)16-10-4-2-9(3-5-10)11-8-17-7-1-6-15-11/h2-5,11-12,15H,1,6-8H2. The quantitative estimate of drug-likeness (QED) is 0.901. The van der Waals surface area contributed by atoms with Crippen molar-refractivity contribution in [2.45, 2.75) is 19.1 Å². The van der Waals surface area contributed by atoms with Crippen LogP contribution >= 0.6 is 11.8 Å². The zero-order valence-electron chi connectivity index (χ0n) is 9.36. The number of hydrogen-bond donors (Lipinski definition) is 1. The maximum Gasteiger partial charge on any atom is 0.387 e. The van der Waals surface area contributed by atoms with Gasteiger partial charge in [-0.2, -0.15) is 20.5 Å². The molecule has 1 heterocycles. The molecular weight excluding hydrogens is 244 g/mol. The van der Waals surface area contributed by atoms with Crippen LogP contribution in [0.25, 0.3) is 0 Å². The van der Waals surface area contributed by atoms with Crippen LogP contribution < -0.4 is 10.1 Å². The second kappa shape index (κ2) is 6.21. The summed E-state index contributed by atoms with van der Waals surface area (Å²) in [7, 11) is 0. The summed E-state index contributed by atoms with van der Waals surface area (Å²) in [6.07, 6.45) is 1.17. The van der Waals surface area contributed by atoms with Crippen molar-refractivity contribution in [3.05, 3.63) is 29.8 Å². The van der Waals surface area contributed by atoms with E-state index >= 15 is 0 Å². The lowest BCUT2D eigenvalue weighted by Crippen LogP contribution is -2.22. The Kier molecular flexibility index (Phi) is 4.62. The minimum absolute atomic E-state index is 0.213. The van der Waals surface area contributed by atoms with E-state index in [1.807, 2.05) is 23.9 Å². The van der Waals surface area contributed by atoms with Crippen molar-refractivity contribution >= 4 is 11.8 Å². The molecule has 0 saturated carbocycles. The zero-order valence-corrected chi connectivity index (χ0v) is 10.2. The molecule has 1 N–H and O–H groups in total. The molecule has 2 nitrogen and oxygen atoms in total. The van der Waals surface area contributed by atoms with Crippen molar-refractivity contribution in [1.29, 1.82) is 0 Å². The number of rotatable bonds is 3. The van der Waals surface area contributed by atoms with Gasteiger partial charge in [-0.25, -0.2) is 0 Å². The van der Waals surface area contributed by atoms with E-state index < -0.39 is 6.61 Å². The lowest BCUT2D eigenvalue weighted by Gasteiger charge is -2.16. The van der Waals surface area contributed by atoms with Crippen LogP contribution in [0.15, 0.2) is 24.3 Å². The van der Waals surface area contributed by atoms with Crippen LogP contribution in [0.1, 0.15) is 18.0 Å². The third kappa shape index (κ3) is 3.85.